The zero-order valence-corrected chi connectivity index (χ0v) is 13.1. The lowest BCUT2D eigenvalue weighted by molar-refractivity contribution is -0.168. The Hall–Kier alpha value is -2.20. The first kappa shape index (κ1) is 20.8. The van der Waals surface area contributed by atoms with Crippen molar-refractivity contribution in [2.45, 2.75) is 26.1 Å². The Labute approximate surface area is 132 Å². The number of aliphatic hydroxyl groups is 1. The first-order chi connectivity index (χ1) is 10.8. The van der Waals surface area contributed by atoms with Crippen molar-refractivity contribution < 1.29 is 48.0 Å². The van der Waals surface area contributed by atoms with Gasteiger partial charge < -0.3 is 28.8 Å². The van der Waals surface area contributed by atoms with Gasteiger partial charge >= 0.3 is 23.9 Å². The Balaban J connectivity index is 3.71. The van der Waals surface area contributed by atoms with Gasteiger partial charge in [0.1, 0.15) is 19.3 Å². The van der Waals surface area contributed by atoms with Crippen LogP contribution in [-0.2, 0) is 42.9 Å². The van der Waals surface area contributed by atoms with E-state index in [0.717, 1.165) is 0 Å². The zero-order valence-electron chi connectivity index (χ0n) is 13.1. The van der Waals surface area contributed by atoms with Crippen LogP contribution < -0.4 is 0 Å². The van der Waals surface area contributed by atoms with Crippen LogP contribution in [0, 0.1) is 0 Å². The summed E-state index contributed by atoms with van der Waals surface area (Å²) in [5.74, 6) is -3.36. The molecule has 132 valence electrons. The van der Waals surface area contributed by atoms with Crippen LogP contribution in [-0.4, -0.2) is 74.7 Å². The van der Waals surface area contributed by atoms with Crippen LogP contribution in [0.3, 0.4) is 0 Å². The average molecular weight is 336 g/mol. The Bertz CT molecular complexity index is 417. The molecule has 0 aliphatic rings. The van der Waals surface area contributed by atoms with Crippen LogP contribution in [0.4, 0.5) is 0 Å². The largest absolute Gasteiger partial charge is 0.460 e. The van der Waals surface area contributed by atoms with Crippen molar-refractivity contribution in [1.29, 1.82) is 0 Å². The lowest BCUT2D eigenvalue weighted by atomic mass is 10.4. The molecule has 2 unspecified atom stereocenters. The molecule has 0 aromatic heterocycles. The maximum absolute atomic E-state index is 11.2. The van der Waals surface area contributed by atoms with Gasteiger partial charge in [-0.2, -0.15) is 0 Å². The van der Waals surface area contributed by atoms with Crippen LogP contribution in [0.25, 0.3) is 0 Å². The van der Waals surface area contributed by atoms with Crippen molar-refractivity contribution in [3.63, 3.8) is 0 Å². The van der Waals surface area contributed by atoms with E-state index in [4.69, 9.17) is 5.11 Å². The van der Waals surface area contributed by atoms with E-state index in [9.17, 15) is 19.2 Å². The van der Waals surface area contributed by atoms with Crippen molar-refractivity contribution in [1.82, 2.24) is 0 Å². The topological polar surface area (TPSA) is 135 Å². The average Bonchev–Trinajstić information content (AvgIpc) is 2.53. The number of rotatable bonds is 10. The third kappa shape index (κ3) is 10.2. The van der Waals surface area contributed by atoms with Crippen molar-refractivity contribution in [3.8, 4) is 0 Å². The maximum Gasteiger partial charge on any atom is 0.344 e. The highest BCUT2D eigenvalue weighted by Crippen LogP contribution is 1.93. The highest BCUT2D eigenvalue weighted by molar-refractivity contribution is 5.79. The van der Waals surface area contributed by atoms with E-state index in [2.05, 4.69) is 23.7 Å². The van der Waals surface area contributed by atoms with E-state index in [1.807, 2.05) is 0 Å². The standard InChI is InChI=1S/C13H20O10/c1-8(14)12(17)22-6-10(15)20-4-5-21-11(16)7-23-13(18)9(2)19-3/h8-9,14H,4-7H2,1-3H3. The molecule has 23 heavy (non-hydrogen) atoms. The van der Waals surface area contributed by atoms with E-state index < -0.39 is 49.3 Å². The fraction of sp³-hybridized carbons (Fsp3) is 0.692. The quantitative estimate of drug-likeness (QED) is 0.287. The predicted octanol–water partition coefficient (Wildman–Crippen LogP) is -1.43. The Kier molecular flexibility index (Phi) is 10.3. The van der Waals surface area contributed by atoms with Gasteiger partial charge in [0.25, 0.3) is 0 Å². The summed E-state index contributed by atoms with van der Waals surface area (Å²) in [6.45, 7) is 0.868. The van der Waals surface area contributed by atoms with E-state index in [1.165, 1.54) is 21.0 Å². The van der Waals surface area contributed by atoms with Crippen LogP contribution in [0.5, 0.6) is 0 Å². The van der Waals surface area contributed by atoms with Crippen LogP contribution in [0.15, 0.2) is 0 Å². The Morgan fingerprint density at radius 1 is 0.826 bits per heavy atom. The van der Waals surface area contributed by atoms with Crippen LogP contribution >= 0.6 is 0 Å². The number of aliphatic hydroxyl groups excluding tert-OH is 1. The number of hydrogen-bond donors (Lipinski definition) is 1. The summed E-state index contributed by atoms with van der Waals surface area (Å²) in [4.78, 5) is 44.4. The van der Waals surface area contributed by atoms with Crippen molar-refractivity contribution in [2.75, 3.05) is 33.5 Å². The van der Waals surface area contributed by atoms with Gasteiger partial charge in [0, 0.05) is 7.11 Å². The molecule has 0 saturated carbocycles. The van der Waals surface area contributed by atoms with E-state index >= 15 is 0 Å². The lowest BCUT2D eigenvalue weighted by Gasteiger charge is -2.10. The molecule has 0 spiro atoms. The second kappa shape index (κ2) is 11.4. The molecule has 0 radical (unpaired) electrons. The molecular formula is C13H20O10. The molecule has 0 saturated heterocycles. The van der Waals surface area contributed by atoms with E-state index in [0.29, 0.717) is 0 Å². The normalized spacial score (nSPS) is 12.7. The molecule has 0 bridgehead atoms. The highest BCUT2D eigenvalue weighted by Gasteiger charge is 2.16. The van der Waals surface area contributed by atoms with Gasteiger partial charge in [-0.25, -0.2) is 19.2 Å². The summed E-state index contributed by atoms with van der Waals surface area (Å²) in [7, 11) is 1.32. The number of carbonyl (C=O) groups excluding carboxylic acids is 4. The molecule has 1 N–H and O–H groups in total. The summed E-state index contributed by atoms with van der Waals surface area (Å²) >= 11 is 0. The summed E-state index contributed by atoms with van der Waals surface area (Å²) in [5.41, 5.74) is 0. The molecule has 0 aliphatic heterocycles. The molecule has 0 aromatic carbocycles. The highest BCUT2D eigenvalue weighted by atomic mass is 16.6. The fourth-order valence-corrected chi connectivity index (χ4v) is 0.989. The van der Waals surface area contributed by atoms with Gasteiger partial charge in [0.15, 0.2) is 19.3 Å². The first-order valence-corrected chi connectivity index (χ1v) is 6.63. The number of hydrogen-bond acceptors (Lipinski definition) is 10. The third-order valence-corrected chi connectivity index (χ3v) is 2.30. The molecule has 0 amide bonds. The van der Waals surface area contributed by atoms with Crippen LogP contribution in [0.2, 0.25) is 0 Å². The third-order valence-electron chi connectivity index (χ3n) is 2.30. The predicted molar refractivity (Wildman–Crippen MR) is 72.0 cm³/mol. The zero-order chi connectivity index (χ0) is 17.8. The second-order valence-electron chi connectivity index (χ2n) is 4.21. The van der Waals surface area contributed by atoms with Gasteiger partial charge in [0.2, 0.25) is 0 Å². The van der Waals surface area contributed by atoms with Crippen molar-refractivity contribution in [2.24, 2.45) is 0 Å². The second-order valence-corrected chi connectivity index (χ2v) is 4.21. The summed E-state index contributed by atoms with van der Waals surface area (Å²) in [6, 6.07) is 0. The Morgan fingerprint density at radius 3 is 1.65 bits per heavy atom. The molecule has 10 nitrogen and oxygen atoms in total. The smallest absolute Gasteiger partial charge is 0.344 e. The van der Waals surface area contributed by atoms with Crippen LogP contribution in [0.1, 0.15) is 13.8 Å². The molecule has 0 rings (SSSR count). The summed E-state index contributed by atoms with van der Waals surface area (Å²) < 4.78 is 22.9. The Morgan fingerprint density at radius 2 is 1.26 bits per heavy atom. The van der Waals surface area contributed by atoms with Gasteiger partial charge in [-0.1, -0.05) is 0 Å². The van der Waals surface area contributed by atoms with Crippen molar-refractivity contribution in [3.05, 3.63) is 0 Å². The first-order valence-electron chi connectivity index (χ1n) is 6.63. The number of carbonyl (C=O) groups is 4. The maximum atomic E-state index is 11.2. The van der Waals surface area contributed by atoms with Gasteiger partial charge in [0.05, 0.1) is 0 Å². The summed E-state index contributed by atoms with van der Waals surface area (Å²) in [6.07, 6.45) is -2.14. The SMILES string of the molecule is COC(C)C(=O)OCC(=O)OCCOC(=O)COC(=O)C(C)O. The molecular weight excluding hydrogens is 316 g/mol. The van der Waals surface area contributed by atoms with E-state index in [-0.39, 0.29) is 13.2 Å². The molecule has 0 fully saturated rings. The number of ether oxygens (including phenoxy) is 5. The molecule has 10 heteroatoms. The molecule has 2 atom stereocenters. The minimum Gasteiger partial charge on any atom is -0.460 e. The van der Waals surface area contributed by atoms with Gasteiger partial charge in [-0.15, -0.1) is 0 Å². The minimum absolute atomic E-state index is 0.258. The summed E-state index contributed by atoms with van der Waals surface area (Å²) in [5, 5.41) is 8.82. The van der Waals surface area contributed by atoms with E-state index in [1.54, 1.807) is 0 Å². The molecule has 0 heterocycles. The lowest BCUT2D eigenvalue weighted by Crippen LogP contribution is -2.26. The van der Waals surface area contributed by atoms with Crippen molar-refractivity contribution >= 4 is 23.9 Å². The van der Waals surface area contributed by atoms with Gasteiger partial charge in [-0.3, -0.25) is 0 Å². The number of esters is 4. The van der Waals surface area contributed by atoms with Gasteiger partial charge in [-0.05, 0) is 13.8 Å². The minimum atomic E-state index is -1.34. The monoisotopic (exact) mass is 336 g/mol. The molecule has 0 aliphatic carbocycles. The molecule has 0 aromatic rings. The fourth-order valence-electron chi connectivity index (χ4n) is 0.989. The number of methoxy groups -OCH3 is 1.